The Balaban J connectivity index is 1.50. The first-order valence-corrected chi connectivity index (χ1v) is 9.31. The summed E-state index contributed by atoms with van der Waals surface area (Å²) in [5.74, 6) is -3.36. The maximum atomic E-state index is 13.7. The number of halogens is 3. The standard InChI is InChI=1S/C19H14ClF2N5O4/c1-31-14-5-3-10(7-11(14)20)27-18(29)16-17(19(27)30)26(25-24-16)8-15(28)23-13-4-2-9(21)6-12(13)22/h2-7,16-17H,8H2,1H3,(H,23,28)/t16-,17+/m0/s1. The molecule has 12 heteroatoms. The van der Waals surface area contributed by atoms with Crippen molar-refractivity contribution in [3.05, 3.63) is 53.1 Å². The number of anilines is 2. The van der Waals surface area contributed by atoms with Crippen molar-refractivity contribution in [1.29, 1.82) is 0 Å². The quantitative estimate of drug-likeness (QED) is 0.706. The number of benzene rings is 2. The minimum absolute atomic E-state index is 0.205. The zero-order valence-corrected chi connectivity index (χ0v) is 16.6. The maximum Gasteiger partial charge on any atom is 0.263 e. The van der Waals surface area contributed by atoms with Crippen molar-refractivity contribution in [2.24, 2.45) is 10.3 Å². The second kappa shape index (κ2) is 7.91. The van der Waals surface area contributed by atoms with Gasteiger partial charge in [-0.3, -0.25) is 19.4 Å². The molecule has 1 N–H and O–H groups in total. The number of hydrogen-bond acceptors (Lipinski definition) is 7. The van der Waals surface area contributed by atoms with Gasteiger partial charge < -0.3 is 10.1 Å². The van der Waals surface area contributed by atoms with Gasteiger partial charge in [0.15, 0.2) is 12.1 Å². The summed E-state index contributed by atoms with van der Waals surface area (Å²) < 4.78 is 31.8. The van der Waals surface area contributed by atoms with E-state index >= 15 is 0 Å². The third-order valence-electron chi connectivity index (χ3n) is 4.76. The molecule has 2 aliphatic rings. The monoisotopic (exact) mass is 449 g/mol. The number of carbonyl (C=O) groups excluding carboxylic acids is 3. The lowest BCUT2D eigenvalue weighted by Gasteiger charge is -2.20. The second-order valence-corrected chi connectivity index (χ2v) is 7.10. The first kappa shape index (κ1) is 20.7. The number of hydrogen-bond donors (Lipinski definition) is 1. The van der Waals surface area contributed by atoms with E-state index in [1.807, 2.05) is 0 Å². The first-order valence-electron chi connectivity index (χ1n) is 8.94. The molecule has 0 unspecified atom stereocenters. The number of fused-ring (bicyclic) bond motifs is 1. The van der Waals surface area contributed by atoms with Crippen LogP contribution in [0.25, 0.3) is 0 Å². The van der Waals surface area contributed by atoms with Gasteiger partial charge in [-0.15, -0.1) is 0 Å². The molecule has 1 fully saturated rings. The average Bonchev–Trinajstić information content (AvgIpc) is 3.24. The summed E-state index contributed by atoms with van der Waals surface area (Å²) in [6, 6.07) is 4.84. The zero-order chi connectivity index (χ0) is 22.3. The molecule has 160 valence electrons. The fraction of sp³-hybridized carbons (Fsp3) is 0.211. The van der Waals surface area contributed by atoms with Crippen molar-refractivity contribution < 1.29 is 27.9 Å². The highest BCUT2D eigenvalue weighted by Gasteiger charge is 2.55. The third-order valence-corrected chi connectivity index (χ3v) is 5.06. The molecule has 31 heavy (non-hydrogen) atoms. The van der Waals surface area contributed by atoms with E-state index in [0.29, 0.717) is 11.8 Å². The van der Waals surface area contributed by atoms with Crippen LogP contribution in [0.15, 0.2) is 46.7 Å². The van der Waals surface area contributed by atoms with Crippen LogP contribution in [-0.4, -0.2) is 48.5 Å². The largest absolute Gasteiger partial charge is 0.495 e. The minimum Gasteiger partial charge on any atom is -0.495 e. The number of nitrogens with zero attached hydrogens (tertiary/aromatic N) is 4. The summed E-state index contributed by atoms with van der Waals surface area (Å²) in [7, 11) is 1.43. The topological polar surface area (TPSA) is 104 Å². The lowest BCUT2D eigenvalue weighted by atomic mass is 10.1. The normalized spacial score (nSPS) is 19.7. The van der Waals surface area contributed by atoms with Crippen molar-refractivity contribution in [2.45, 2.75) is 12.1 Å². The van der Waals surface area contributed by atoms with Crippen molar-refractivity contribution in [1.82, 2.24) is 5.01 Å². The fourth-order valence-corrected chi connectivity index (χ4v) is 3.58. The number of carbonyl (C=O) groups is 3. The Morgan fingerprint density at radius 1 is 1.19 bits per heavy atom. The number of ether oxygens (including phenoxy) is 1. The number of amides is 3. The van der Waals surface area contributed by atoms with Crippen LogP contribution < -0.4 is 15.0 Å². The van der Waals surface area contributed by atoms with Gasteiger partial charge in [-0.05, 0) is 30.3 Å². The van der Waals surface area contributed by atoms with Crippen LogP contribution in [0.5, 0.6) is 5.75 Å². The van der Waals surface area contributed by atoms with Crippen molar-refractivity contribution in [2.75, 3.05) is 23.9 Å². The molecule has 2 heterocycles. The molecule has 2 aromatic rings. The van der Waals surface area contributed by atoms with Gasteiger partial charge >= 0.3 is 0 Å². The Morgan fingerprint density at radius 3 is 2.65 bits per heavy atom. The summed E-state index contributed by atoms with van der Waals surface area (Å²) in [5, 5.41) is 11.1. The summed E-state index contributed by atoms with van der Waals surface area (Å²) in [6.07, 6.45) is 0. The zero-order valence-electron chi connectivity index (χ0n) is 15.9. The smallest absolute Gasteiger partial charge is 0.263 e. The van der Waals surface area contributed by atoms with Gasteiger partial charge in [-0.1, -0.05) is 16.8 Å². The van der Waals surface area contributed by atoms with E-state index in [9.17, 15) is 23.2 Å². The average molecular weight is 450 g/mol. The van der Waals surface area contributed by atoms with Gasteiger partial charge in [0.2, 0.25) is 5.91 Å². The lowest BCUT2D eigenvalue weighted by Crippen LogP contribution is -2.43. The molecule has 2 aromatic carbocycles. The van der Waals surface area contributed by atoms with Crippen molar-refractivity contribution in [3.63, 3.8) is 0 Å². The highest BCUT2D eigenvalue weighted by Crippen LogP contribution is 2.35. The van der Waals surface area contributed by atoms with Crippen LogP contribution in [0.3, 0.4) is 0 Å². The van der Waals surface area contributed by atoms with Crippen molar-refractivity contribution >= 4 is 40.7 Å². The molecule has 0 saturated carbocycles. The van der Waals surface area contributed by atoms with Crippen LogP contribution >= 0.6 is 11.6 Å². The Morgan fingerprint density at radius 2 is 1.97 bits per heavy atom. The van der Waals surface area contributed by atoms with Gasteiger partial charge in [0, 0.05) is 6.07 Å². The SMILES string of the molecule is COc1ccc(N2C(=O)[C@H]3N=NN(CC(=O)Nc4ccc(F)cc4F)[C@H]3C2=O)cc1Cl. The molecule has 0 aromatic heterocycles. The third kappa shape index (κ3) is 3.67. The van der Waals surface area contributed by atoms with Gasteiger partial charge in [-0.2, -0.15) is 5.11 Å². The molecule has 3 amide bonds. The predicted octanol–water partition coefficient (Wildman–Crippen LogP) is 2.56. The predicted molar refractivity (Wildman–Crippen MR) is 105 cm³/mol. The molecule has 0 spiro atoms. The molecule has 4 rings (SSSR count). The molecule has 2 aliphatic heterocycles. The van der Waals surface area contributed by atoms with E-state index in [0.717, 1.165) is 22.0 Å². The molecule has 0 radical (unpaired) electrons. The highest BCUT2D eigenvalue weighted by molar-refractivity contribution is 6.33. The second-order valence-electron chi connectivity index (χ2n) is 6.70. The van der Waals surface area contributed by atoms with Crippen LogP contribution in [0, 0.1) is 11.6 Å². The Kier molecular flexibility index (Phi) is 5.27. The Bertz CT molecular complexity index is 1130. The van der Waals surface area contributed by atoms with E-state index in [1.54, 1.807) is 0 Å². The van der Waals surface area contributed by atoms with Gasteiger partial charge in [0.1, 0.15) is 23.9 Å². The summed E-state index contributed by atoms with van der Waals surface area (Å²) in [5.41, 5.74) is -0.00871. The number of rotatable bonds is 5. The minimum atomic E-state index is -1.13. The van der Waals surface area contributed by atoms with Crippen LogP contribution in [0.2, 0.25) is 5.02 Å². The van der Waals surface area contributed by atoms with Gasteiger partial charge in [-0.25, -0.2) is 13.7 Å². The van der Waals surface area contributed by atoms with Crippen LogP contribution in [-0.2, 0) is 14.4 Å². The fourth-order valence-electron chi connectivity index (χ4n) is 3.33. The molecular weight excluding hydrogens is 436 g/mol. The highest BCUT2D eigenvalue weighted by atomic mass is 35.5. The van der Waals surface area contributed by atoms with Crippen LogP contribution in [0.4, 0.5) is 20.2 Å². The molecule has 0 bridgehead atoms. The van der Waals surface area contributed by atoms with Gasteiger partial charge in [0.25, 0.3) is 11.8 Å². The van der Waals surface area contributed by atoms with Crippen molar-refractivity contribution in [3.8, 4) is 5.75 Å². The number of imide groups is 1. The van der Waals surface area contributed by atoms with E-state index in [2.05, 4.69) is 15.7 Å². The van der Waals surface area contributed by atoms with E-state index in [1.165, 1.54) is 25.3 Å². The van der Waals surface area contributed by atoms with E-state index in [4.69, 9.17) is 16.3 Å². The summed E-state index contributed by atoms with van der Waals surface area (Å²) >= 11 is 6.09. The molecule has 2 atom stereocenters. The first-order chi connectivity index (χ1) is 14.8. The Hall–Kier alpha value is -3.60. The summed E-state index contributed by atoms with van der Waals surface area (Å²) in [6.45, 7) is -0.474. The van der Waals surface area contributed by atoms with Gasteiger partial charge in [0.05, 0.1) is 23.5 Å². The van der Waals surface area contributed by atoms with E-state index < -0.39 is 48.0 Å². The Labute approximate surface area is 179 Å². The molecule has 0 aliphatic carbocycles. The maximum absolute atomic E-state index is 13.7. The lowest BCUT2D eigenvalue weighted by molar-refractivity contribution is -0.123. The van der Waals surface area contributed by atoms with E-state index in [-0.39, 0.29) is 16.4 Å². The molecule has 9 nitrogen and oxygen atoms in total. The summed E-state index contributed by atoms with van der Waals surface area (Å²) in [4.78, 5) is 38.9. The number of methoxy groups -OCH3 is 1. The molecule has 1 saturated heterocycles. The van der Waals surface area contributed by atoms with Crippen LogP contribution in [0.1, 0.15) is 0 Å². The number of nitrogens with one attached hydrogen (secondary N) is 1. The molecular formula is C19H14ClF2N5O4.